The van der Waals surface area contributed by atoms with E-state index < -0.39 is 6.10 Å². The number of aliphatic hydroxyl groups is 1. The molecule has 1 amide bonds. The Labute approximate surface area is 166 Å². The van der Waals surface area contributed by atoms with Gasteiger partial charge < -0.3 is 14.9 Å². The van der Waals surface area contributed by atoms with Gasteiger partial charge in [0.1, 0.15) is 17.2 Å². The number of carbonyl (C=O) groups is 1. The lowest BCUT2D eigenvalue weighted by atomic mass is 10.0. The molecule has 1 atom stereocenters. The SMILES string of the molecule is Cc1ncc(F)cc1C1CCCN1c1ccn2ncc(C(=O)N3CC(O)C3)c2n1. The van der Waals surface area contributed by atoms with E-state index >= 15 is 0 Å². The molecule has 2 aliphatic heterocycles. The van der Waals surface area contributed by atoms with Crippen LogP contribution in [0.3, 0.4) is 0 Å². The maximum Gasteiger partial charge on any atom is 0.259 e. The summed E-state index contributed by atoms with van der Waals surface area (Å²) in [7, 11) is 0. The van der Waals surface area contributed by atoms with Gasteiger partial charge in [-0.2, -0.15) is 5.10 Å². The molecule has 0 radical (unpaired) electrons. The van der Waals surface area contributed by atoms with Crippen molar-refractivity contribution >= 4 is 17.4 Å². The number of hydrogen-bond acceptors (Lipinski definition) is 6. The number of hydrogen-bond donors (Lipinski definition) is 1. The third-order valence-corrected chi connectivity index (χ3v) is 5.73. The second kappa shape index (κ2) is 6.77. The third kappa shape index (κ3) is 3.02. The number of rotatable bonds is 3. The third-order valence-electron chi connectivity index (χ3n) is 5.73. The predicted molar refractivity (Wildman–Crippen MR) is 103 cm³/mol. The molecule has 0 spiro atoms. The molecule has 0 aromatic carbocycles. The molecule has 8 nitrogen and oxygen atoms in total. The minimum absolute atomic E-state index is 0.0132. The molecule has 3 aromatic heterocycles. The van der Waals surface area contributed by atoms with Crippen molar-refractivity contribution in [2.45, 2.75) is 31.9 Å². The van der Waals surface area contributed by atoms with E-state index in [-0.39, 0.29) is 17.8 Å². The molecular weight excluding hydrogens is 375 g/mol. The summed E-state index contributed by atoms with van der Waals surface area (Å²) >= 11 is 0. The molecule has 29 heavy (non-hydrogen) atoms. The van der Waals surface area contributed by atoms with Crippen molar-refractivity contribution in [3.05, 3.63) is 53.4 Å². The largest absolute Gasteiger partial charge is 0.389 e. The molecule has 5 rings (SSSR count). The number of nitrogens with zero attached hydrogens (tertiary/aromatic N) is 6. The normalized spacial score (nSPS) is 19.8. The molecule has 5 heterocycles. The Morgan fingerprint density at radius 3 is 2.93 bits per heavy atom. The number of anilines is 1. The fourth-order valence-corrected chi connectivity index (χ4v) is 4.19. The number of fused-ring (bicyclic) bond motifs is 1. The van der Waals surface area contributed by atoms with Crippen LogP contribution in [0.1, 0.15) is 40.5 Å². The number of likely N-dealkylation sites (tertiary alicyclic amines) is 1. The van der Waals surface area contributed by atoms with E-state index in [4.69, 9.17) is 4.98 Å². The fourth-order valence-electron chi connectivity index (χ4n) is 4.19. The number of aryl methyl sites for hydroxylation is 1. The highest BCUT2D eigenvalue weighted by molar-refractivity contribution is 6.00. The number of halogens is 1. The highest BCUT2D eigenvalue weighted by Crippen LogP contribution is 2.36. The van der Waals surface area contributed by atoms with Crippen molar-refractivity contribution < 1.29 is 14.3 Å². The average Bonchev–Trinajstić information content (AvgIpc) is 3.33. The maximum atomic E-state index is 13.8. The Bertz CT molecular complexity index is 1090. The lowest BCUT2D eigenvalue weighted by Crippen LogP contribution is -2.53. The summed E-state index contributed by atoms with van der Waals surface area (Å²) in [5.74, 6) is 0.196. The van der Waals surface area contributed by atoms with E-state index in [1.165, 1.54) is 12.4 Å². The van der Waals surface area contributed by atoms with Crippen LogP contribution in [0.5, 0.6) is 0 Å². The average molecular weight is 396 g/mol. The van der Waals surface area contributed by atoms with E-state index in [0.29, 0.717) is 24.3 Å². The maximum absolute atomic E-state index is 13.8. The Morgan fingerprint density at radius 1 is 1.31 bits per heavy atom. The molecule has 1 N–H and O–H groups in total. The van der Waals surface area contributed by atoms with Gasteiger partial charge in [-0.05, 0) is 37.5 Å². The predicted octanol–water partition coefficient (Wildman–Crippen LogP) is 1.73. The van der Waals surface area contributed by atoms with E-state index in [0.717, 1.165) is 36.5 Å². The van der Waals surface area contributed by atoms with Crippen LogP contribution in [0.15, 0.2) is 30.7 Å². The number of β-amino-alcohol motifs (C(OH)–C–C–N with tert-alkyl or cyclic N) is 1. The van der Waals surface area contributed by atoms with Gasteiger partial charge in [0.15, 0.2) is 5.65 Å². The topological polar surface area (TPSA) is 86.9 Å². The van der Waals surface area contributed by atoms with Crippen molar-refractivity contribution in [1.82, 2.24) is 24.5 Å². The van der Waals surface area contributed by atoms with Crippen LogP contribution >= 0.6 is 0 Å². The zero-order valence-corrected chi connectivity index (χ0v) is 16.0. The summed E-state index contributed by atoms with van der Waals surface area (Å²) in [5.41, 5.74) is 2.57. The highest BCUT2D eigenvalue weighted by atomic mass is 19.1. The Morgan fingerprint density at radius 2 is 2.14 bits per heavy atom. The molecular formula is C20H21FN6O2. The quantitative estimate of drug-likeness (QED) is 0.726. The molecule has 150 valence electrons. The zero-order chi connectivity index (χ0) is 20.1. The van der Waals surface area contributed by atoms with Crippen LogP contribution < -0.4 is 4.90 Å². The van der Waals surface area contributed by atoms with E-state index in [9.17, 15) is 14.3 Å². The molecule has 2 saturated heterocycles. The molecule has 0 aliphatic carbocycles. The standard InChI is InChI=1S/C20H21FN6O2/c1-12-15(7-13(21)8-22-12)17-3-2-5-26(17)18-4-6-27-19(24-18)16(9-23-27)20(29)25-10-14(28)11-25/h4,6-9,14,17,28H,2-3,5,10-11H2,1H3. The Balaban J connectivity index is 1.50. The second-order valence-corrected chi connectivity index (χ2v) is 7.66. The number of amides is 1. The lowest BCUT2D eigenvalue weighted by Gasteiger charge is -2.35. The van der Waals surface area contributed by atoms with Gasteiger partial charge in [-0.1, -0.05) is 0 Å². The van der Waals surface area contributed by atoms with E-state index in [1.54, 1.807) is 21.7 Å². The smallest absolute Gasteiger partial charge is 0.259 e. The highest BCUT2D eigenvalue weighted by Gasteiger charge is 2.32. The van der Waals surface area contributed by atoms with Crippen molar-refractivity contribution in [2.75, 3.05) is 24.5 Å². The number of pyridine rings is 1. The summed E-state index contributed by atoms with van der Waals surface area (Å²) in [6.07, 6.45) is 5.92. The Hall–Kier alpha value is -3.07. The summed E-state index contributed by atoms with van der Waals surface area (Å²) in [5, 5.41) is 13.7. The van der Waals surface area contributed by atoms with Gasteiger partial charge in [-0.25, -0.2) is 13.9 Å². The van der Waals surface area contributed by atoms with Crippen molar-refractivity contribution in [2.24, 2.45) is 0 Å². The number of carbonyl (C=O) groups excluding carboxylic acids is 1. The van der Waals surface area contributed by atoms with Gasteiger partial charge >= 0.3 is 0 Å². The number of aromatic nitrogens is 4. The van der Waals surface area contributed by atoms with Gasteiger partial charge in [-0.3, -0.25) is 9.78 Å². The van der Waals surface area contributed by atoms with Crippen LogP contribution in [0.2, 0.25) is 0 Å². The van der Waals surface area contributed by atoms with Crippen molar-refractivity contribution in [1.29, 1.82) is 0 Å². The van der Waals surface area contributed by atoms with Crippen molar-refractivity contribution in [3.8, 4) is 0 Å². The fraction of sp³-hybridized carbons (Fsp3) is 0.400. The molecule has 2 aliphatic rings. The second-order valence-electron chi connectivity index (χ2n) is 7.66. The minimum atomic E-state index is -0.460. The van der Waals surface area contributed by atoms with Crippen LogP contribution in [0.4, 0.5) is 10.2 Å². The molecule has 9 heteroatoms. The zero-order valence-electron chi connectivity index (χ0n) is 16.0. The monoisotopic (exact) mass is 396 g/mol. The first kappa shape index (κ1) is 18.0. The van der Waals surface area contributed by atoms with Crippen molar-refractivity contribution in [3.63, 3.8) is 0 Å². The van der Waals surface area contributed by atoms with E-state index in [2.05, 4.69) is 15.0 Å². The van der Waals surface area contributed by atoms with Gasteiger partial charge in [0.05, 0.1) is 24.5 Å². The minimum Gasteiger partial charge on any atom is -0.389 e. The lowest BCUT2D eigenvalue weighted by molar-refractivity contribution is 0.00601. The van der Waals surface area contributed by atoms with Gasteiger partial charge in [0.2, 0.25) is 0 Å². The molecule has 2 fully saturated rings. The summed E-state index contributed by atoms with van der Waals surface area (Å²) in [4.78, 5) is 25.3. The molecule has 1 unspecified atom stereocenters. The molecule has 0 bridgehead atoms. The van der Waals surface area contributed by atoms with Crippen LogP contribution in [0.25, 0.3) is 5.65 Å². The van der Waals surface area contributed by atoms with Crippen LogP contribution in [0, 0.1) is 12.7 Å². The first-order chi connectivity index (χ1) is 14.0. The molecule has 0 saturated carbocycles. The van der Waals surface area contributed by atoms with Crippen LogP contribution in [-0.4, -0.2) is 61.2 Å². The summed E-state index contributed by atoms with van der Waals surface area (Å²) < 4.78 is 15.4. The first-order valence-corrected chi connectivity index (χ1v) is 9.71. The van der Waals surface area contributed by atoms with Crippen LogP contribution in [-0.2, 0) is 0 Å². The first-order valence-electron chi connectivity index (χ1n) is 9.71. The number of aliphatic hydroxyl groups excluding tert-OH is 1. The summed E-state index contributed by atoms with van der Waals surface area (Å²) in [6.45, 7) is 3.34. The van der Waals surface area contributed by atoms with Gasteiger partial charge in [0.25, 0.3) is 5.91 Å². The molecule has 3 aromatic rings. The summed E-state index contributed by atoms with van der Waals surface area (Å²) in [6, 6.07) is 3.40. The Kier molecular flexibility index (Phi) is 4.20. The van der Waals surface area contributed by atoms with Gasteiger partial charge in [0, 0.05) is 31.5 Å². The van der Waals surface area contributed by atoms with E-state index in [1.807, 2.05) is 13.0 Å². The van der Waals surface area contributed by atoms with Gasteiger partial charge in [-0.15, -0.1) is 0 Å².